The highest BCUT2D eigenvalue weighted by molar-refractivity contribution is 5.66. The Labute approximate surface area is 134 Å². The van der Waals surface area contributed by atoms with Crippen molar-refractivity contribution in [2.45, 2.75) is 31.6 Å². The lowest BCUT2D eigenvalue weighted by Crippen LogP contribution is -2.36. The van der Waals surface area contributed by atoms with Gasteiger partial charge in [-0.3, -0.25) is 5.10 Å². The summed E-state index contributed by atoms with van der Waals surface area (Å²) in [5, 5.41) is 7.15. The molecule has 1 aliphatic heterocycles. The molecule has 2 aliphatic rings. The third-order valence-corrected chi connectivity index (χ3v) is 5.01. The Morgan fingerprint density at radius 2 is 2.04 bits per heavy atom. The highest BCUT2D eigenvalue weighted by Gasteiger charge is 2.30. The lowest BCUT2D eigenvalue weighted by molar-refractivity contribution is 0.199. The Morgan fingerprint density at radius 1 is 1.17 bits per heavy atom. The number of nitrogens with zero attached hydrogens (tertiary/aromatic N) is 2. The highest BCUT2D eigenvalue weighted by Crippen LogP contribution is 2.36. The lowest BCUT2D eigenvalue weighted by Gasteiger charge is -2.32. The lowest BCUT2D eigenvalue weighted by atomic mass is 9.90. The molecule has 1 aromatic carbocycles. The zero-order chi connectivity index (χ0) is 15.8. The first kappa shape index (κ1) is 14.8. The number of hydrogen-bond donors (Lipinski definition) is 1. The van der Waals surface area contributed by atoms with Crippen LogP contribution >= 0.6 is 0 Å². The molecule has 2 aromatic rings. The second kappa shape index (κ2) is 6.04. The van der Waals surface area contributed by atoms with Crippen molar-refractivity contribution in [3.63, 3.8) is 0 Å². The van der Waals surface area contributed by atoms with E-state index in [4.69, 9.17) is 0 Å². The van der Waals surface area contributed by atoms with Crippen LogP contribution in [0.2, 0.25) is 0 Å². The average molecular weight is 317 g/mol. The Hall–Kier alpha value is -1.75. The molecule has 1 aliphatic carbocycles. The van der Waals surface area contributed by atoms with Crippen LogP contribution in [0.5, 0.6) is 0 Å². The minimum atomic E-state index is -0.424. The molecule has 1 aromatic heterocycles. The molecule has 23 heavy (non-hydrogen) atoms. The van der Waals surface area contributed by atoms with E-state index in [-0.39, 0.29) is 0 Å². The van der Waals surface area contributed by atoms with Gasteiger partial charge in [0.2, 0.25) is 0 Å². The number of piperidine rings is 1. The van der Waals surface area contributed by atoms with Crippen LogP contribution in [0, 0.1) is 17.6 Å². The Morgan fingerprint density at radius 3 is 2.87 bits per heavy atom. The number of rotatable bonds is 4. The van der Waals surface area contributed by atoms with Crippen LogP contribution in [0.3, 0.4) is 0 Å². The number of halogens is 2. The van der Waals surface area contributed by atoms with Gasteiger partial charge in [-0.25, -0.2) is 8.78 Å². The van der Waals surface area contributed by atoms with E-state index in [1.807, 2.05) is 0 Å². The summed E-state index contributed by atoms with van der Waals surface area (Å²) in [5.74, 6) is 0.352. The van der Waals surface area contributed by atoms with E-state index in [2.05, 4.69) is 15.1 Å². The number of nitrogens with one attached hydrogen (secondary N) is 1. The summed E-state index contributed by atoms with van der Waals surface area (Å²) < 4.78 is 27.6. The summed E-state index contributed by atoms with van der Waals surface area (Å²) >= 11 is 0. The van der Waals surface area contributed by atoms with Crippen molar-refractivity contribution in [1.82, 2.24) is 15.1 Å². The molecular weight excluding hydrogens is 296 g/mol. The van der Waals surface area contributed by atoms with E-state index in [1.165, 1.54) is 31.5 Å². The third-order valence-electron chi connectivity index (χ3n) is 5.01. The van der Waals surface area contributed by atoms with Crippen molar-refractivity contribution >= 4 is 0 Å². The topological polar surface area (TPSA) is 31.9 Å². The van der Waals surface area contributed by atoms with Crippen LogP contribution in [-0.4, -0.2) is 34.7 Å². The maximum atomic E-state index is 14.1. The van der Waals surface area contributed by atoms with Crippen LogP contribution in [-0.2, 0) is 0 Å². The third kappa shape index (κ3) is 3.15. The van der Waals surface area contributed by atoms with Gasteiger partial charge in [-0.2, -0.15) is 5.10 Å². The van der Waals surface area contributed by atoms with Gasteiger partial charge in [0.05, 0.1) is 6.20 Å². The fourth-order valence-electron chi connectivity index (χ4n) is 3.65. The number of H-pyrrole nitrogens is 1. The number of likely N-dealkylation sites (tertiary alicyclic amines) is 1. The molecule has 1 unspecified atom stereocenters. The van der Waals surface area contributed by atoms with Crippen LogP contribution in [0.4, 0.5) is 8.78 Å². The quantitative estimate of drug-likeness (QED) is 0.926. The first-order chi connectivity index (χ1) is 11.2. The molecular formula is C18H21F2N3. The minimum absolute atomic E-state index is 0.299. The first-order valence-electron chi connectivity index (χ1n) is 8.42. The van der Waals surface area contributed by atoms with Gasteiger partial charge in [0, 0.05) is 35.8 Å². The molecule has 3 nitrogen and oxygen atoms in total. The molecule has 122 valence electrons. The standard InChI is InChI=1S/C18H21F2N3/c19-14-5-6-17(20)15(8-14)16-9-21-22-18(16)13-2-1-7-23(11-13)10-12-3-4-12/h5-6,8-9,12-13H,1-4,7,10-11H2,(H,21,22). The average Bonchev–Trinajstić information content (AvgIpc) is 3.23. The Balaban J connectivity index is 1.59. The van der Waals surface area contributed by atoms with Gasteiger partial charge in [0.25, 0.3) is 0 Å². The van der Waals surface area contributed by atoms with Gasteiger partial charge in [0.1, 0.15) is 11.6 Å². The van der Waals surface area contributed by atoms with Crippen molar-refractivity contribution in [3.8, 4) is 11.1 Å². The van der Waals surface area contributed by atoms with Gasteiger partial charge in [-0.1, -0.05) is 0 Å². The fourth-order valence-corrected chi connectivity index (χ4v) is 3.65. The predicted molar refractivity (Wildman–Crippen MR) is 85.1 cm³/mol. The monoisotopic (exact) mass is 317 g/mol. The van der Waals surface area contributed by atoms with Crippen molar-refractivity contribution in [2.75, 3.05) is 19.6 Å². The van der Waals surface area contributed by atoms with E-state index in [1.54, 1.807) is 6.20 Å². The van der Waals surface area contributed by atoms with Crippen molar-refractivity contribution in [2.24, 2.45) is 5.92 Å². The van der Waals surface area contributed by atoms with E-state index in [9.17, 15) is 8.78 Å². The molecule has 1 N–H and O–H groups in total. The molecule has 0 bridgehead atoms. The molecule has 5 heteroatoms. The number of aromatic nitrogens is 2. The fraction of sp³-hybridized carbons (Fsp3) is 0.500. The smallest absolute Gasteiger partial charge is 0.131 e. The zero-order valence-corrected chi connectivity index (χ0v) is 13.1. The summed E-state index contributed by atoms with van der Waals surface area (Å²) in [6.07, 6.45) is 6.53. The van der Waals surface area contributed by atoms with Crippen molar-refractivity contribution in [1.29, 1.82) is 0 Å². The van der Waals surface area contributed by atoms with Crippen LogP contribution in [0.25, 0.3) is 11.1 Å². The van der Waals surface area contributed by atoms with E-state index >= 15 is 0 Å². The summed E-state index contributed by atoms with van der Waals surface area (Å²) in [4.78, 5) is 2.51. The Kier molecular flexibility index (Phi) is 3.89. The summed E-state index contributed by atoms with van der Waals surface area (Å²) in [6, 6.07) is 3.59. The minimum Gasteiger partial charge on any atom is -0.302 e. The molecule has 1 saturated heterocycles. The molecule has 4 rings (SSSR count). The van der Waals surface area contributed by atoms with Crippen LogP contribution in [0.15, 0.2) is 24.4 Å². The van der Waals surface area contributed by atoms with Gasteiger partial charge in [0.15, 0.2) is 0 Å². The SMILES string of the molecule is Fc1ccc(F)c(-c2cn[nH]c2C2CCCN(CC3CC3)C2)c1. The second-order valence-electron chi connectivity index (χ2n) is 6.86. The maximum Gasteiger partial charge on any atom is 0.131 e. The molecule has 1 atom stereocenters. The van der Waals surface area contributed by atoms with Crippen LogP contribution < -0.4 is 0 Å². The Bertz CT molecular complexity index is 693. The van der Waals surface area contributed by atoms with Crippen LogP contribution in [0.1, 0.15) is 37.3 Å². The number of benzene rings is 1. The normalized spacial score (nSPS) is 22.4. The predicted octanol–water partition coefficient (Wildman–Crippen LogP) is 3.94. The molecule has 0 spiro atoms. The molecule has 2 fully saturated rings. The molecule has 1 saturated carbocycles. The highest BCUT2D eigenvalue weighted by atomic mass is 19.1. The van der Waals surface area contributed by atoms with Gasteiger partial charge >= 0.3 is 0 Å². The maximum absolute atomic E-state index is 14.1. The van der Waals surface area contributed by atoms with E-state index < -0.39 is 11.6 Å². The molecule has 0 radical (unpaired) electrons. The van der Waals surface area contributed by atoms with E-state index in [0.717, 1.165) is 43.6 Å². The summed E-state index contributed by atoms with van der Waals surface area (Å²) in [5.41, 5.74) is 1.93. The van der Waals surface area contributed by atoms with Gasteiger partial charge in [-0.05, 0) is 56.3 Å². The largest absolute Gasteiger partial charge is 0.302 e. The van der Waals surface area contributed by atoms with Gasteiger partial charge in [-0.15, -0.1) is 0 Å². The first-order valence-corrected chi connectivity index (χ1v) is 8.42. The number of hydrogen-bond acceptors (Lipinski definition) is 2. The van der Waals surface area contributed by atoms with Crippen molar-refractivity contribution < 1.29 is 8.78 Å². The van der Waals surface area contributed by atoms with E-state index in [0.29, 0.717) is 17.0 Å². The zero-order valence-electron chi connectivity index (χ0n) is 13.1. The second-order valence-corrected chi connectivity index (χ2v) is 6.86. The van der Waals surface area contributed by atoms with Crippen molar-refractivity contribution in [3.05, 3.63) is 41.7 Å². The van der Waals surface area contributed by atoms with Gasteiger partial charge < -0.3 is 4.90 Å². The number of aromatic amines is 1. The molecule has 0 amide bonds. The summed E-state index contributed by atoms with van der Waals surface area (Å²) in [6.45, 7) is 3.29. The molecule has 2 heterocycles. The summed E-state index contributed by atoms with van der Waals surface area (Å²) in [7, 11) is 0.